The summed E-state index contributed by atoms with van der Waals surface area (Å²) in [6, 6.07) is 8.86. The molecular weight excluding hydrogens is 386 g/mol. The van der Waals surface area contributed by atoms with E-state index < -0.39 is 17.6 Å². The summed E-state index contributed by atoms with van der Waals surface area (Å²) in [5, 5.41) is 11.1. The molecule has 0 saturated carbocycles. The highest BCUT2D eigenvalue weighted by Gasteiger charge is 2.53. The third-order valence-electron chi connectivity index (χ3n) is 6.34. The van der Waals surface area contributed by atoms with E-state index >= 15 is 0 Å². The zero-order valence-electron chi connectivity index (χ0n) is 17.4. The van der Waals surface area contributed by atoms with E-state index in [2.05, 4.69) is 0 Å². The Hall–Kier alpha value is -1.57. The summed E-state index contributed by atoms with van der Waals surface area (Å²) < 4.78 is 0. The normalized spacial score (nSPS) is 28.6. The standard InChI is InChI=1S/C22H33N3O3S/c1-3-25-19(16-8-5-4-6-9-16)18(26)14-22(21(25)28)11-7-12-24(15-22)20(27)17(23)10-13-29-2/h4-6,8-9,17-19,26H,3,7,10-15,23H2,1-2H3/t17-,18+,19-,22-/m0/s1. The van der Waals surface area contributed by atoms with Crippen LogP contribution in [0.25, 0.3) is 0 Å². The lowest BCUT2D eigenvalue weighted by Crippen LogP contribution is -2.62. The minimum atomic E-state index is -0.714. The summed E-state index contributed by atoms with van der Waals surface area (Å²) in [7, 11) is 0. The van der Waals surface area contributed by atoms with Crippen LogP contribution >= 0.6 is 11.8 Å². The van der Waals surface area contributed by atoms with Crippen LogP contribution in [0.3, 0.4) is 0 Å². The van der Waals surface area contributed by atoms with Gasteiger partial charge in [0.25, 0.3) is 0 Å². The van der Waals surface area contributed by atoms with Gasteiger partial charge in [-0.05, 0) is 50.2 Å². The van der Waals surface area contributed by atoms with Crippen LogP contribution in [0.2, 0.25) is 0 Å². The van der Waals surface area contributed by atoms with Crippen molar-refractivity contribution < 1.29 is 14.7 Å². The number of amides is 2. The molecule has 7 heteroatoms. The molecule has 1 aromatic carbocycles. The van der Waals surface area contributed by atoms with Crippen molar-refractivity contribution in [3.63, 3.8) is 0 Å². The van der Waals surface area contributed by atoms with Gasteiger partial charge in [-0.2, -0.15) is 11.8 Å². The van der Waals surface area contributed by atoms with E-state index in [1.54, 1.807) is 21.6 Å². The first kappa shape index (κ1) is 22.1. The molecule has 2 aliphatic rings. The highest BCUT2D eigenvalue weighted by Crippen LogP contribution is 2.45. The summed E-state index contributed by atoms with van der Waals surface area (Å²) >= 11 is 1.67. The molecule has 0 aromatic heterocycles. The number of piperidine rings is 2. The second-order valence-electron chi connectivity index (χ2n) is 8.25. The van der Waals surface area contributed by atoms with E-state index in [0.29, 0.717) is 38.9 Å². The van der Waals surface area contributed by atoms with E-state index in [0.717, 1.165) is 17.7 Å². The predicted molar refractivity (Wildman–Crippen MR) is 116 cm³/mol. The summed E-state index contributed by atoms with van der Waals surface area (Å²) in [6.07, 6.45) is 3.81. The Balaban J connectivity index is 1.81. The minimum absolute atomic E-state index is 0.0503. The Morgan fingerprint density at radius 1 is 1.38 bits per heavy atom. The maximum atomic E-state index is 13.6. The van der Waals surface area contributed by atoms with Crippen LogP contribution in [-0.2, 0) is 9.59 Å². The quantitative estimate of drug-likeness (QED) is 0.737. The smallest absolute Gasteiger partial charge is 0.239 e. The number of hydrogen-bond acceptors (Lipinski definition) is 5. The number of nitrogens with two attached hydrogens (primary N) is 1. The summed E-state index contributed by atoms with van der Waals surface area (Å²) in [5.74, 6) is 0.814. The number of aliphatic hydroxyl groups is 1. The van der Waals surface area contributed by atoms with Crippen molar-refractivity contribution in [3.05, 3.63) is 35.9 Å². The number of nitrogens with zero attached hydrogens (tertiary/aromatic N) is 2. The fourth-order valence-electron chi connectivity index (χ4n) is 4.89. The number of aliphatic hydroxyl groups excluding tert-OH is 1. The molecule has 2 aliphatic heterocycles. The lowest BCUT2D eigenvalue weighted by atomic mass is 9.69. The van der Waals surface area contributed by atoms with Gasteiger partial charge in [0.05, 0.1) is 23.6 Å². The molecule has 2 fully saturated rings. The van der Waals surface area contributed by atoms with Crippen molar-refractivity contribution >= 4 is 23.6 Å². The molecule has 1 aromatic rings. The predicted octanol–water partition coefficient (Wildman–Crippen LogP) is 2.03. The summed E-state index contributed by atoms with van der Waals surface area (Å²) in [5.41, 5.74) is 6.35. The van der Waals surface area contributed by atoms with Crippen LogP contribution < -0.4 is 5.73 Å². The molecule has 2 amide bonds. The van der Waals surface area contributed by atoms with Crippen LogP contribution in [0.15, 0.2) is 30.3 Å². The Kier molecular flexibility index (Phi) is 7.24. The fourth-order valence-corrected chi connectivity index (χ4v) is 5.38. The second-order valence-corrected chi connectivity index (χ2v) is 9.24. The average Bonchev–Trinajstić information content (AvgIpc) is 2.74. The molecular formula is C22H33N3O3S. The maximum Gasteiger partial charge on any atom is 0.239 e. The lowest BCUT2D eigenvalue weighted by Gasteiger charge is -2.52. The number of likely N-dealkylation sites (N-methyl/N-ethyl adjacent to an activating group) is 1. The zero-order valence-corrected chi connectivity index (χ0v) is 18.2. The molecule has 160 valence electrons. The summed E-state index contributed by atoms with van der Waals surface area (Å²) in [6.45, 7) is 3.46. The number of carbonyl (C=O) groups is 2. The molecule has 3 N–H and O–H groups in total. The van der Waals surface area contributed by atoms with Gasteiger partial charge in [0.15, 0.2) is 0 Å². The van der Waals surface area contributed by atoms with Gasteiger partial charge in [-0.25, -0.2) is 0 Å². The Labute approximate surface area is 177 Å². The number of carbonyl (C=O) groups excluding carboxylic acids is 2. The topological polar surface area (TPSA) is 86.9 Å². The number of rotatable bonds is 6. The molecule has 29 heavy (non-hydrogen) atoms. The van der Waals surface area contributed by atoms with Crippen LogP contribution in [0, 0.1) is 5.41 Å². The molecule has 1 spiro atoms. The van der Waals surface area contributed by atoms with Crippen molar-refractivity contribution in [2.75, 3.05) is 31.6 Å². The first-order valence-corrected chi connectivity index (χ1v) is 11.9. The molecule has 0 radical (unpaired) electrons. The van der Waals surface area contributed by atoms with Gasteiger partial charge < -0.3 is 20.6 Å². The van der Waals surface area contributed by atoms with Crippen molar-refractivity contribution in [2.45, 2.75) is 50.8 Å². The van der Waals surface area contributed by atoms with Gasteiger partial charge in [0.2, 0.25) is 11.8 Å². The molecule has 0 bridgehead atoms. The first-order chi connectivity index (χ1) is 13.9. The van der Waals surface area contributed by atoms with E-state index in [-0.39, 0.29) is 17.9 Å². The zero-order chi connectivity index (χ0) is 21.0. The SMILES string of the molecule is CCN1C(=O)[C@@]2(CCCN(C(=O)[C@@H](N)CCSC)C2)C[C@@H](O)[C@@H]1c1ccccc1. The number of benzene rings is 1. The van der Waals surface area contributed by atoms with Gasteiger partial charge in [0, 0.05) is 19.6 Å². The third-order valence-corrected chi connectivity index (χ3v) is 6.98. The molecule has 2 heterocycles. The Bertz CT molecular complexity index is 717. The maximum absolute atomic E-state index is 13.6. The van der Waals surface area contributed by atoms with Gasteiger partial charge in [-0.3, -0.25) is 9.59 Å². The number of likely N-dealkylation sites (tertiary alicyclic amines) is 2. The van der Waals surface area contributed by atoms with Crippen molar-refractivity contribution in [1.29, 1.82) is 0 Å². The van der Waals surface area contributed by atoms with E-state index in [1.807, 2.05) is 43.5 Å². The van der Waals surface area contributed by atoms with Gasteiger partial charge in [-0.15, -0.1) is 0 Å². The molecule has 2 saturated heterocycles. The van der Waals surface area contributed by atoms with E-state index in [4.69, 9.17) is 5.73 Å². The van der Waals surface area contributed by atoms with Crippen LogP contribution in [0.5, 0.6) is 0 Å². The van der Waals surface area contributed by atoms with E-state index in [1.165, 1.54) is 0 Å². The Morgan fingerprint density at radius 2 is 2.10 bits per heavy atom. The highest BCUT2D eigenvalue weighted by molar-refractivity contribution is 7.98. The number of hydrogen-bond donors (Lipinski definition) is 2. The van der Waals surface area contributed by atoms with Crippen molar-refractivity contribution in [2.24, 2.45) is 11.1 Å². The molecule has 6 nitrogen and oxygen atoms in total. The van der Waals surface area contributed by atoms with Crippen molar-refractivity contribution in [3.8, 4) is 0 Å². The average molecular weight is 420 g/mol. The summed E-state index contributed by atoms with van der Waals surface area (Å²) in [4.78, 5) is 30.0. The monoisotopic (exact) mass is 419 g/mol. The van der Waals surface area contributed by atoms with E-state index in [9.17, 15) is 14.7 Å². The molecule has 0 aliphatic carbocycles. The molecule has 4 atom stereocenters. The fraction of sp³-hybridized carbons (Fsp3) is 0.636. The second kappa shape index (κ2) is 9.49. The van der Waals surface area contributed by atoms with Gasteiger partial charge >= 0.3 is 0 Å². The van der Waals surface area contributed by atoms with Crippen LogP contribution in [0.4, 0.5) is 0 Å². The third kappa shape index (κ3) is 4.47. The highest BCUT2D eigenvalue weighted by atomic mass is 32.2. The molecule has 0 unspecified atom stereocenters. The largest absolute Gasteiger partial charge is 0.391 e. The van der Waals surface area contributed by atoms with Gasteiger partial charge in [0.1, 0.15) is 0 Å². The van der Waals surface area contributed by atoms with Gasteiger partial charge in [-0.1, -0.05) is 30.3 Å². The Morgan fingerprint density at radius 3 is 2.76 bits per heavy atom. The lowest BCUT2D eigenvalue weighted by molar-refractivity contribution is -0.166. The number of thioether (sulfide) groups is 1. The molecule has 3 rings (SSSR count). The van der Waals surface area contributed by atoms with Crippen LogP contribution in [0.1, 0.15) is 44.2 Å². The van der Waals surface area contributed by atoms with Crippen molar-refractivity contribution in [1.82, 2.24) is 9.80 Å². The van der Waals surface area contributed by atoms with Crippen LogP contribution in [-0.4, -0.2) is 70.5 Å². The first-order valence-electron chi connectivity index (χ1n) is 10.5. The minimum Gasteiger partial charge on any atom is -0.391 e.